The smallest absolute Gasteiger partial charge is 0.354 e. The fraction of sp³-hybridized carbons (Fsp3) is 0.353. The molecule has 0 radical (unpaired) electrons. The number of nitrogens with zero attached hydrogens (tertiary/aromatic N) is 3. The van der Waals surface area contributed by atoms with Crippen LogP contribution in [0.25, 0.3) is 0 Å². The van der Waals surface area contributed by atoms with Gasteiger partial charge in [-0.1, -0.05) is 0 Å². The van der Waals surface area contributed by atoms with Crippen molar-refractivity contribution in [2.75, 3.05) is 31.0 Å². The number of rotatable bonds is 8. The Morgan fingerprint density at radius 3 is 2.71 bits per heavy atom. The number of hydrogen-bond acceptors (Lipinski definition) is 9. The minimum absolute atomic E-state index is 0.0132. The van der Waals surface area contributed by atoms with Crippen molar-refractivity contribution in [1.29, 1.82) is 0 Å². The Morgan fingerprint density at radius 1 is 1.32 bits per heavy atom. The van der Waals surface area contributed by atoms with Gasteiger partial charge in [0.05, 0.1) is 18.1 Å². The number of anilines is 2. The quantitative estimate of drug-likeness (QED) is 0.455. The van der Waals surface area contributed by atoms with Crippen LogP contribution < -0.4 is 20.9 Å². The summed E-state index contributed by atoms with van der Waals surface area (Å²) in [7, 11) is 1.52. The molecule has 1 unspecified atom stereocenters. The maximum atomic E-state index is 12.2. The van der Waals surface area contributed by atoms with Gasteiger partial charge >= 0.3 is 5.69 Å². The lowest BCUT2D eigenvalue weighted by Gasteiger charge is -2.13. The van der Waals surface area contributed by atoms with Gasteiger partial charge in [0.1, 0.15) is 12.1 Å². The molecule has 1 fully saturated rings. The maximum Gasteiger partial charge on any atom is 0.354 e. The summed E-state index contributed by atoms with van der Waals surface area (Å²) in [4.78, 5) is 30.9. The van der Waals surface area contributed by atoms with Crippen molar-refractivity contribution in [2.45, 2.75) is 18.9 Å². The minimum atomic E-state index is -0.611. The lowest BCUT2D eigenvalue weighted by Crippen LogP contribution is -2.30. The Labute approximate surface area is 160 Å². The molecule has 28 heavy (non-hydrogen) atoms. The molecule has 1 aliphatic rings. The topological polar surface area (TPSA) is 141 Å². The molecule has 0 saturated carbocycles. The standard InChI is InChI=1S/C17H20N6O5/c1-27-12-6-4-11(5-7-12)17(24)22-21-16-14(23(25)26)15(19-10-20-16)18-9-13-3-2-8-28-13/h4-7,10,13H,2-3,8-9H2,1H3,(H,22,24)(H2,18,19,20,21). The normalized spacial score (nSPS) is 15.7. The molecule has 1 atom stereocenters. The van der Waals surface area contributed by atoms with E-state index in [0.29, 0.717) is 24.5 Å². The maximum absolute atomic E-state index is 12.2. The molecule has 2 aromatic rings. The van der Waals surface area contributed by atoms with E-state index in [1.807, 2.05) is 0 Å². The van der Waals surface area contributed by atoms with Crippen LogP contribution in [0, 0.1) is 10.1 Å². The predicted octanol–water partition coefficient (Wildman–Crippen LogP) is 1.74. The number of methoxy groups -OCH3 is 1. The first-order valence-corrected chi connectivity index (χ1v) is 8.63. The van der Waals surface area contributed by atoms with Gasteiger partial charge in [-0.2, -0.15) is 0 Å². The Kier molecular flexibility index (Phi) is 6.17. The van der Waals surface area contributed by atoms with Crippen LogP contribution in [-0.4, -0.2) is 47.2 Å². The van der Waals surface area contributed by atoms with Crippen molar-refractivity contribution in [3.05, 3.63) is 46.3 Å². The molecular formula is C17H20N6O5. The molecule has 1 saturated heterocycles. The largest absolute Gasteiger partial charge is 0.497 e. The van der Waals surface area contributed by atoms with Crippen molar-refractivity contribution in [1.82, 2.24) is 15.4 Å². The summed E-state index contributed by atoms with van der Waals surface area (Å²) in [6, 6.07) is 6.40. The number of nitro groups is 1. The zero-order valence-corrected chi connectivity index (χ0v) is 15.2. The highest BCUT2D eigenvalue weighted by molar-refractivity contribution is 5.95. The summed E-state index contributed by atoms with van der Waals surface area (Å²) in [5, 5.41) is 14.4. The zero-order chi connectivity index (χ0) is 19.9. The highest BCUT2D eigenvalue weighted by Crippen LogP contribution is 2.28. The van der Waals surface area contributed by atoms with Crippen molar-refractivity contribution in [3.8, 4) is 5.75 Å². The summed E-state index contributed by atoms with van der Waals surface area (Å²) in [6.07, 6.45) is 3.00. The number of amides is 1. The Bertz CT molecular complexity index is 838. The van der Waals surface area contributed by atoms with Gasteiger partial charge in [0, 0.05) is 18.7 Å². The number of aromatic nitrogens is 2. The van der Waals surface area contributed by atoms with Crippen molar-refractivity contribution in [3.63, 3.8) is 0 Å². The molecule has 0 aliphatic carbocycles. The number of hydrogen-bond donors (Lipinski definition) is 3. The monoisotopic (exact) mass is 388 g/mol. The first kappa shape index (κ1) is 19.3. The molecule has 0 spiro atoms. The van der Waals surface area contributed by atoms with Crippen molar-refractivity contribution >= 4 is 23.2 Å². The van der Waals surface area contributed by atoms with Crippen LogP contribution >= 0.6 is 0 Å². The van der Waals surface area contributed by atoms with Gasteiger partial charge < -0.3 is 14.8 Å². The zero-order valence-electron chi connectivity index (χ0n) is 15.2. The number of benzene rings is 1. The summed E-state index contributed by atoms with van der Waals surface area (Å²) < 4.78 is 10.5. The van der Waals surface area contributed by atoms with Crippen molar-refractivity contribution < 1.29 is 19.2 Å². The van der Waals surface area contributed by atoms with Gasteiger partial charge in [-0.15, -0.1) is 0 Å². The van der Waals surface area contributed by atoms with E-state index in [-0.39, 0.29) is 23.4 Å². The number of ether oxygens (including phenoxy) is 2. The lowest BCUT2D eigenvalue weighted by molar-refractivity contribution is -0.383. The predicted molar refractivity (Wildman–Crippen MR) is 100 cm³/mol. The third-order valence-electron chi connectivity index (χ3n) is 4.17. The summed E-state index contributed by atoms with van der Waals surface area (Å²) >= 11 is 0. The Balaban J connectivity index is 1.68. The number of hydrazine groups is 1. The van der Waals surface area contributed by atoms with Gasteiger partial charge in [-0.25, -0.2) is 9.97 Å². The van der Waals surface area contributed by atoms with E-state index in [4.69, 9.17) is 9.47 Å². The van der Waals surface area contributed by atoms with E-state index in [0.717, 1.165) is 12.8 Å². The van der Waals surface area contributed by atoms with E-state index in [9.17, 15) is 14.9 Å². The molecule has 1 aromatic carbocycles. The Morgan fingerprint density at radius 2 is 2.07 bits per heavy atom. The second kappa shape index (κ2) is 8.95. The number of carbonyl (C=O) groups excluding carboxylic acids is 1. The fourth-order valence-electron chi connectivity index (χ4n) is 2.72. The van der Waals surface area contributed by atoms with E-state index in [1.165, 1.54) is 13.4 Å². The molecule has 3 N–H and O–H groups in total. The highest BCUT2D eigenvalue weighted by atomic mass is 16.6. The molecule has 1 amide bonds. The molecule has 148 valence electrons. The van der Waals surface area contributed by atoms with Gasteiger partial charge in [0.25, 0.3) is 5.91 Å². The van der Waals surface area contributed by atoms with E-state index >= 15 is 0 Å². The fourth-order valence-corrected chi connectivity index (χ4v) is 2.72. The first-order chi connectivity index (χ1) is 13.6. The molecule has 11 nitrogen and oxygen atoms in total. The van der Waals surface area contributed by atoms with Gasteiger partial charge in [-0.3, -0.25) is 25.8 Å². The Hall–Kier alpha value is -3.47. The van der Waals surface area contributed by atoms with Gasteiger partial charge in [0.2, 0.25) is 11.6 Å². The van der Waals surface area contributed by atoms with Crippen LogP contribution in [-0.2, 0) is 4.74 Å². The summed E-state index contributed by atoms with van der Waals surface area (Å²) in [5.74, 6) is 0.0516. The van der Waals surface area contributed by atoms with Crippen LogP contribution in [0.5, 0.6) is 5.75 Å². The van der Waals surface area contributed by atoms with Gasteiger partial charge in [-0.05, 0) is 37.1 Å². The van der Waals surface area contributed by atoms with Gasteiger partial charge in [0.15, 0.2) is 0 Å². The molecule has 0 bridgehead atoms. The average Bonchev–Trinajstić information content (AvgIpc) is 3.24. The lowest BCUT2D eigenvalue weighted by atomic mass is 10.2. The van der Waals surface area contributed by atoms with Crippen molar-refractivity contribution in [2.24, 2.45) is 0 Å². The second-order valence-electron chi connectivity index (χ2n) is 6.00. The molecule has 1 aromatic heterocycles. The second-order valence-corrected chi connectivity index (χ2v) is 6.00. The molecular weight excluding hydrogens is 368 g/mol. The molecule has 1 aliphatic heterocycles. The average molecular weight is 388 g/mol. The van der Waals surface area contributed by atoms with Crippen LogP contribution in [0.2, 0.25) is 0 Å². The molecule has 2 heterocycles. The molecule has 11 heteroatoms. The highest BCUT2D eigenvalue weighted by Gasteiger charge is 2.25. The van der Waals surface area contributed by atoms with E-state index < -0.39 is 10.8 Å². The third-order valence-corrected chi connectivity index (χ3v) is 4.17. The minimum Gasteiger partial charge on any atom is -0.497 e. The van der Waals surface area contributed by atoms with Crippen LogP contribution in [0.1, 0.15) is 23.2 Å². The summed E-state index contributed by atoms with van der Waals surface area (Å²) in [6.45, 7) is 1.08. The number of nitrogens with one attached hydrogen (secondary N) is 3. The SMILES string of the molecule is COc1ccc(C(=O)NNc2ncnc(NCC3CCCO3)c2[N+](=O)[O-])cc1. The third kappa shape index (κ3) is 4.62. The van der Waals surface area contributed by atoms with Crippen LogP contribution in [0.15, 0.2) is 30.6 Å². The van der Waals surface area contributed by atoms with E-state index in [2.05, 4.69) is 26.1 Å². The number of carbonyl (C=O) groups is 1. The van der Waals surface area contributed by atoms with Crippen LogP contribution in [0.4, 0.5) is 17.3 Å². The first-order valence-electron chi connectivity index (χ1n) is 8.63. The molecule has 3 rings (SSSR count). The van der Waals surface area contributed by atoms with Crippen LogP contribution in [0.3, 0.4) is 0 Å². The summed E-state index contributed by atoms with van der Waals surface area (Å²) in [5.41, 5.74) is 4.87. The van der Waals surface area contributed by atoms with E-state index in [1.54, 1.807) is 24.3 Å².